The Morgan fingerprint density at radius 2 is 2.08 bits per heavy atom. The molecular weight excluding hydrogens is 332 g/mol. The van der Waals surface area contributed by atoms with Crippen molar-refractivity contribution in [2.24, 2.45) is 0 Å². The molecule has 0 unspecified atom stereocenters. The van der Waals surface area contributed by atoms with E-state index in [0.29, 0.717) is 36.2 Å². The Labute approximate surface area is 150 Å². The van der Waals surface area contributed by atoms with Crippen molar-refractivity contribution < 1.29 is 14.1 Å². The Bertz CT molecular complexity index is 893. The second-order valence-corrected chi connectivity index (χ2v) is 6.15. The molecule has 2 aromatic heterocycles. The summed E-state index contributed by atoms with van der Waals surface area (Å²) < 4.78 is 10.5. The zero-order valence-electron chi connectivity index (χ0n) is 14.3. The molecule has 0 spiro atoms. The Morgan fingerprint density at radius 1 is 1.23 bits per heavy atom. The lowest BCUT2D eigenvalue weighted by atomic mass is 10.1. The van der Waals surface area contributed by atoms with Gasteiger partial charge in [-0.05, 0) is 12.5 Å². The zero-order chi connectivity index (χ0) is 17.9. The summed E-state index contributed by atoms with van der Waals surface area (Å²) in [5, 5.41) is 4.06. The number of benzene rings is 1. The highest BCUT2D eigenvalue weighted by Gasteiger charge is 2.31. The molecule has 3 heterocycles. The maximum absolute atomic E-state index is 12.6. The fraction of sp³-hybridized carbons (Fsp3) is 0.263. The highest BCUT2D eigenvalue weighted by atomic mass is 16.5. The number of amides is 1. The first-order valence-corrected chi connectivity index (χ1v) is 8.43. The average molecular weight is 350 g/mol. The van der Waals surface area contributed by atoms with Crippen LogP contribution in [0.5, 0.6) is 5.88 Å². The third-order valence-electron chi connectivity index (χ3n) is 4.49. The number of nitrogens with zero attached hydrogens (tertiary/aromatic N) is 4. The number of hydrogen-bond acceptors (Lipinski definition) is 6. The van der Waals surface area contributed by atoms with Gasteiger partial charge >= 0.3 is 0 Å². The number of likely N-dealkylation sites (tertiary alicyclic amines) is 1. The molecule has 132 valence electrons. The van der Waals surface area contributed by atoms with E-state index in [0.717, 1.165) is 12.0 Å². The van der Waals surface area contributed by atoms with Crippen molar-refractivity contribution >= 4 is 5.91 Å². The smallest absolute Gasteiger partial charge is 0.255 e. The average Bonchev–Trinajstić information content (AvgIpc) is 3.38. The number of carbonyl (C=O) groups is 1. The fourth-order valence-electron chi connectivity index (χ4n) is 3.06. The molecule has 1 saturated heterocycles. The van der Waals surface area contributed by atoms with Crippen LogP contribution in [0.4, 0.5) is 0 Å². The van der Waals surface area contributed by atoms with Gasteiger partial charge in [-0.2, -0.15) is 4.98 Å². The lowest BCUT2D eigenvalue weighted by Crippen LogP contribution is -2.28. The molecule has 0 bridgehead atoms. The number of pyridine rings is 1. The Hall–Kier alpha value is -3.22. The van der Waals surface area contributed by atoms with Crippen LogP contribution >= 0.6 is 0 Å². The topological polar surface area (TPSA) is 81.4 Å². The minimum Gasteiger partial charge on any atom is -0.481 e. The molecule has 3 aromatic rings. The first-order chi connectivity index (χ1) is 12.7. The van der Waals surface area contributed by atoms with Gasteiger partial charge < -0.3 is 14.2 Å². The molecule has 1 atom stereocenters. The summed E-state index contributed by atoms with van der Waals surface area (Å²) in [4.78, 5) is 23.0. The van der Waals surface area contributed by atoms with Gasteiger partial charge in [0.15, 0.2) is 0 Å². The van der Waals surface area contributed by atoms with Gasteiger partial charge in [-0.15, -0.1) is 0 Å². The first-order valence-electron chi connectivity index (χ1n) is 8.43. The van der Waals surface area contributed by atoms with Crippen molar-refractivity contribution in [1.82, 2.24) is 20.0 Å². The van der Waals surface area contributed by atoms with Gasteiger partial charge in [-0.1, -0.05) is 35.5 Å². The van der Waals surface area contributed by atoms with E-state index in [1.54, 1.807) is 24.1 Å². The number of carbonyl (C=O) groups excluding carboxylic acids is 1. The van der Waals surface area contributed by atoms with Crippen LogP contribution in [-0.4, -0.2) is 46.1 Å². The van der Waals surface area contributed by atoms with Gasteiger partial charge in [0, 0.05) is 30.9 Å². The molecule has 0 saturated carbocycles. The molecule has 0 N–H and O–H groups in total. The summed E-state index contributed by atoms with van der Waals surface area (Å²) >= 11 is 0. The van der Waals surface area contributed by atoms with E-state index in [2.05, 4.69) is 15.1 Å². The minimum atomic E-state index is -0.0505. The van der Waals surface area contributed by atoms with Crippen LogP contribution in [0.3, 0.4) is 0 Å². The van der Waals surface area contributed by atoms with Crippen molar-refractivity contribution in [2.75, 3.05) is 20.2 Å². The monoisotopic (exact) mass is 350 g/mol. The number of hydrogen-bond donors (Lipinski definition) is 0. The van der Waals surface area contributed by atoms with Crippen molar-refractivity contribution in [1.29, 1.82) is 0 Å². The quantitative estimate of drug-likeness (QED) is 0.720. The predicted molar refractivity (Wildman–Crippen MR) is 93.8 cm³/mol. The molecule has 7 nitrogen and oxygen atoms in total. The first kappa shape index (κ1) is 16.3. The van der Waals surface area contributed by atoms with Crippen LogP contribution < -0.4 is 4.74 Å². The predicted octanol–water partition coefficient (Wildman–Crippen LogP) is 2.77. The van der Waals surface area contributed by atoms with Crippen LogP contribution in [0.2, 0.25) is 0 Å². The highest BCUT2D eigenvalue weighted by Crippen LogP contribution is 2.28. The number of ether oxygens (including phenoxy) is 1. The molecular formula is C19H18N4O3. The molecule has 1 aliphatic rings. The van der Waals surface area contributed by atoms with Crippen LogP contribution in [0.25, 0.3) is 11.4 Å². The van der Waals surface area contributed by atoms with Crippen LogP contribution in [0.1, 0.15) is 28.6 Å². The van der Waals surface area contributed by atoms with Crippen LogP contribution in [-0.2, 0) is 0 Å². The summed E-state index contributed by atoms with van der Waals surface area (Å²) in [5.74, 6) is 1.64. The maximum Gasteiger partial charge on any atom is 0.255 e. The van der Waals surface area contributed by atoms with Crippen molar-refractivity contribution in [3.8, 4) is 17.3 Å². The molecule has 1 fully saturated rings. The summed E-state index contributed by atoms with van der Waals surface area (Å²) in [7, 11) is 1.54. The number of rotatable bonds is 4. The molecule has 26 heavy (non-hydrogen) atoms. The third kappa shape index (κ3) is 3.15. The Balaban J connectivity index is 1.45. The maximum atomic E-state index is 12.6. The van der Waals surface area contributed by atoms with E-state index < -0.39 is 0 Å². The summed E-state index contributed by atoms with van der Waals surface area (Å²) in [6.45, 7) is 1.21. The zero-order valence-corrected chi connectivity index (χ0v) is 14.3. The Morgan fingerprint density at radius 3 is 2.81 bits per heavy atom. The lowest BCUT2D eigenvalue weighted by Gasteiger charge is -2.15. The summed E-state index contributed by atoms with van der Waals surface area (Å²) in [5.41, 5.74) is 1.46. The molecule has 7 heteroatoms. The third-order valence-corrected chi connectivity index (χ3v) is 4.49. The molecule has 0 aliphatic carbocycles. The molecule has 1 aromatic carbocycles. The van der Waals surface area contributed by atoms with E-state index in [-0.39, 0.29) is 11.8 Å². The summed E-state index contributed by atoms with van der Waals surface area (Å²) in [6.07, 6.45) is 2.33. The SMILES string of the molecule is COc1ccc(C(=O)N2CC[C@H](c3nc(-c4ccccc4)no3)C2)cn1. The van der Waals surface area contributed by atoms with Crippen molar-refractivity contribution in [3.63, 3.8) is 0 Å². The second-order valence-electron chi connectivity index (χ2n) is 6.15. The largest absolute Gasteiger partial charge is 0.481 e. The van der Waals surface area contributed by atoms with Gasteiger partial charge in [-0.25, -0.2) is 4.98 Å². The van der Waals surface area contributed by atoms with Gasteiger partial charge in [0.1, 0.15) is 0 Å². The van der Waals surface area contributed by atoms with E-state index in [1.165, 1.54) is 6.20 Å². The Kier molecular flexibility index (Phi) is 4.35. The number of aromatic nitrogens is 3. The van der Waals surface area contributed by atoms with Crippen LogP contribution in [0.15, 0.2) is 53.2 Å². The number of methoxy groups -OCH3 is 1. The van der Waals surface area contributed by atoms with E-state index in [1.807, 2.05) is 30.3 Å². The summed E-state index contributed by atoms with van der Waals surface area (Å²) in [6, 6.07) is 13.1. The van der Waals surface area contributed by atoms with Crippen LogP contribution in [0, 0.1) is 0 Å². The highest BCUT2D eigenvalue weighted by molar-refractivity contribution is 5.94. The normalized spacial score (nSPS) is 16.7. The fourth-order valence-corrected chi connectivity index (χ4v) is 3.06. The standard InChI is InChI=1S/C19H18N4O3/c1-25-16-8-7-14(11-20-16)19(24)23-10-9-15(12-23)18-21-17(22-26-18)13-5-3-2-4-6-13/h2-8,11,15H,9-10,12H2,1H3/t15-/m0/s1. The molecule has 1 amide bonds. The van der Waals surface area contributed by atoms with Crippen molar-refractivity contribution in [2.45, 2.75) is 12.3 Å². The molecule has 0 radical (unpaired) electrons. The second kappa shape index (κ2) is 6.95. The lowest BCUT2D eigenvalue weighted by molar-refractivity contribution is 0.0789. The minimum absolute atomic E-state index is 0.0505. The van der Waals surface area contributed by atoms with E-state index >= 15 is 0 Å². The van der Waals surface area contributed by atoms with E-state index in [9.17, 15) is 4.79 Å². The van der Waals surface area contributed by atoms with Gasteiger partial charge in [-0.3, -0.25) is 4.79 Å². The van der Waals surface area contributed by atoms with Gasteiger partial charge in [0.25, 0.3) is 5.91 Å². The van der Waals surface area contributed by atoms with Gasteiger partial charge in [0.05, 0.1) is 18.6 Å². The van der Waals surface area contributed by atoms with E-state index in [4.69, 9.17) is 9.26 Å². The van der Waals surface area contributed by atoms with Gasteiger partial charge in [0.2, 0.25) is 17.6 Å². The molecule has 1 aliphatic heterocycles. The van der Waals surface area contributed by atoms with Crippen molar-refractivity contribution in [3.05, 3.63) is 60.1 Å². The molecule has 4 rings (SSSR count).